The van der Waals surface area contributed by atoms with Gasteiger partial charge in [0.1, 0.15) is 6.17 Å². The zero-order chi connectivity index (χ0) is 13.1. The van der Waals surface area contributed by atoms with Gasteiger partial charge in [0.25, 0.3) is 0 Å². The summed E-state index contributed by atoms with van der Waals surface area (Å²) >= 11 is 0. The predicted molar refractivity (Wildman–Crippen MR) is 58.6 cm³/mol. The first-order chi connectivity index (χ1) is 7.84. The summed E-state index contributed by atoms with van der Waals surface area (Å²) in [6, 6.07) is 4.40. The molecule has 0 radical (unpaired) electrons. The molecule has 1 aromatic carbocycles. The quantitative estimate of drug-likeness (QED) is 0.808. The zero-order valence-electron chi connectivity index (χ0n) is 9.68. The van der Waals surface area contributed by atoms with E-state index in [0.717, 1.165) is 12.1 Å². The lowest BCUT2D eigenvalue weighted by atomic mass is 10.0. The number of rotatable bonds is 4. The molecule has 2 unspecified atom stereocenters. The number of hydrogen-bond acceptors (Lipinski definition) is 1. The Kier molecular flexibility index (Phi) is 4.51. The minimum Gasteiger partial charge on any atom is -0.314 e. The Balaban J connectivity index is 2.79. The molecule has 0 aliphatic rings. The van der Waals surface area contributed by atoms with E-state index in [9.17, 15) is 17.6 Å². The normalized spacial score (nSPS) is 15.6. The molecule has 0 fully saturated rings. The highest BCUT2D eigenvalue weighted by molar-refractivity contribution is 5.26. The van der Waals surface area contributed by atoms with Gasteiger partial charge in [0.05, 0.1) is 5.56 Å². The van der Waals surface area contributed by atoms with E-state index in [-0.39, 0.29) is 12.5 Å². The van der Waals surface area contributed by atoms with E-state index < -0.39 is 17.9 Å². The van der Waals surface area contributed by atoms with Crippen LogP contribution in [0.1, 0.15) is 18.1 Å². The lowest BCUT2D eigenvalue weighted by Crippen LogP contribution is -2.33. The van der Waals surface area contributed by atoms with Gasteiger partial charge in [-0.2, -0.15) is 13.2 Å². The van der Waals surface area contributed by atoms with Crippen molar-refractivity contribution in [2.24, 2.45) is 0 Å². The minimum atomic E-state index is -4.38. The molecule has 0 bridgehead atoms. The molecule has 96 valence electrons. The second-order valence-corrected chi connectivity index (χ2v) is 4.00. The Hall–Kier alpha value is -1.10. The van der Waals surface area contributed by atoms with Crippen molar-refractivity contribution in [3.05, 3.63) is 35.4 Å². The maximum absolute atomic E-state index is 13.6. The fraction of sp³-hybridized carbons (Fsp3) is 0.500. The number of benzene rings is 1. The van der Waals surface area contributed by atoms with Crippen LogP contribution in [0.2, 0.25) is 0 Å². The maximum Gasteiger partial charge on any atom is 0.416 e. The summed E-state index contributed by atoms with van der Waals surface area (Å²) in [6.45, 7) is 1.65. The molecule has 1 aromatic rings. The summed E-state index contributed by atoms with van der Waals surface area (Å²) in [5, 5.41) is 2.73. The lowest BCUT2D eigenvalue weighted by molar-refractivity contribution is -0.137. The second kappa shape index (κ2) is 5.49. The molecule has 2 atom stereocenters. The summed E-state index contributed by atoms with van der Waals surface area (Å²) in [6.07, 6.45) is -5.61. The minimum absolute atomic E-state index is 0.0219. The van der Waals surface area contributed by atoms with E-state index in [0.29, 0.717) is 5.56 Å². The highest BCUT2D eigenvalue weighted by Crippen LogP contribution is 2.29. The van der Waals surface area contributed by atoms with Crippen LogP contribution >= 0.6 is 0 Å². The first-order valence-corrected chi connectivity index (χ1v) is 5.32. The lowest BCUT2D eigenvalue weighted by Gasteiger charge is -2.16. The van der Waals surface area contributed by atoms with E-state index >= 15 is 0 Å². The van der Waals surface area contributed by atoms with Crippen LogP contribution in [0, 0.1) is 0 Å². The summed E-state index contributed by atoms with van der Waals surface area (Å²) in [5.74, 6) is 0. The smallest absolute Gasteiger partial charge is 0.314 e. The van der Waals surface area contributed by atoms with Crippen molar-refractivity contribution in [1.29, 1.82) is 0 Å². The molecular weight excluding hydrogens is 234 g/mol. The Labute approximate surface area is 97.8 Å². The molecule has 0 aliphatic carbocycles. The zero-order valence-corrected chi connectivity index (χ0v) is 9.68. The van der Waals surface area contributed by atoms with Gasteiger partial charge in [-0.1, -0.05) is 18.2 Å². The third-order valence-electron chi connectivity index (χ3n) is 2.68. The highest BCUT2D eigenvalue weighted by Gasteiger charge is 2.30. The van der Waals surface area contributed by atoms with E-state index in [1.807, 2.05) is 0 Å². The van der Waals surface area contributed by atoms with Gasteiger partial charge in [-0.15, -0.1) is 0 Å². The van der Waals surface area contributed by atoms with Gasteiger partial charge in [-0.25, -0.2) is 4.39 Å². The fourth-order valence-electron chi connectivity index (χ4n) is 1.46. The maximum atomic E-state index is 13.6. The topological polar surface area (TPSA) is 12.0 Å². The Morgan fingerprint density at radius 2 is 1.94 bits per heavy atom. The molecule has 0 saturated heterocycles. The van der Waals surface area contributed by atoms with Crippen LogP contribution in [-0.4, -0.2) is 19.3 Å². The standard InChI is InChI=1S/C12H15F4N/c1-8(17-2)11(13)7-9-4-3-5-10(6-9)12(14,15)16/h3-6,8,11,17H,7H2,1-2H3. The SMILES string of the molecule is CNC(C)C(F)Cc1cccc(C(F)(F)F)c1. The largest absolute Gasteiger partial charge is 0.416 e. The van der Waals surface area contributed by atoms with Crippen LogP contribution in [-0.2, 0) is 12.6 Å². The summed E-state index contributed by atoms with van der Waals surface area (Å²) in [4.78, 5) is 0. The van der Waals surface area contributed by atoms with E-state index in [2.05, 4.69) is 5.32 Å². The molecule has 5 heteroatoms. The predicted octanol–water partition coefficient (Wildman–Crippen LogP) is 3.19. The average Bonchev–Trinajstić information content (AvgIpc) is 2.27. The molecular formula is C12H15F4N. The van der Waals surface area contributed by atoms with Crippen molar-refractivity contribution in [2.45, 2.75) is 31.7 Å². The number of nitrogens with one attached hydrogen (secondary N) is 1. The number of alkyl halides is 4. The molecule has 1 nitrogen and oxygen atoms in total. The van der Waals surface area contributed by atoms with Gasteiger partial charge in [-0.05, 0) is 25.6 Å². The molecule has 0 amide bonds. The van der Waals surface area contributed by atoms with Crippen molar-refractivity contribution in [2.75, 3.05) is 7.05 Å². The number of halogens is 4. The monoisotopic (exact) mass is 249 g/mol. The molecule has 1 N–H and O–H groups in total. The first kappa shape index (κ1) is 14.0. The van der Waals surface area contributed by atoms with E-state index in [1.54, 1.807) is 14.0 Å². The van der Waals surface area contributed by atoms with E-state index in [1.165, 1.54) is 12.1 Å². The van der Waals surface area contributed by atoms with Crippen molar-refractivity contribution in [3.63, 3.8) is 0 Å². The third-order valence-corrected chi connectivity index (χ3v) is 2.68. The van der Waals surface area contributed by atoms with Crippen LogP contribution in [0.3, 0.4) is 0 Å². The Morgan fingerprint density at radius 3 is 2.47 bits per heavy atom. The molecule has 0 saturated carbocycles. The Morgan fingerprint density at radius 1 is 1.29 bits per heavy atom. The van der Waals surface area contributed by atoms with Gasteiger partial charge < -0.3 is 5.32 Å². The fourth-order valence-corrected chi connectivity index (χ4v) is 1.46. The van der Waals surface area contributed by atoms with Crippen molar-refractivity contribution >= 4 is 0 Å². The summed E-state index contributed by atoms with van der Waals surface area (Å²) in [7, 11) is 1.61. The molecule has 17 heavy (non-hydrogen) atoms. The third kappa shape index (κ3) is 4.00. The van der Waals surface area contributed by atoms with Crippen molar-refractivity contribution < 1.29 is 17.6 Å². The van der Waals surface area contributed by atoms with Crippen molar-refractivity contribution in [3.8, 4) is 0 Å². The van der Waals surface area contributed by atoms with Gasteiger partial charge in [0, 0.05) is 12.5 Å². The van der Waals surface area contributed by atoms with Gasteiger partial charge in [-0.3, -0.25) is 0 Å². The highest BCUT2D eigenvalue weighted by atomic mass is 19.4. The summed E-state index contributed by atoms with van der Waals surface area (Å²) < 4.78 is 50.8. The van der Waals surface area contributed by atoms with Crippen LogP contribution in [0.4, 0.5) is 17.6 Å². The van der Waals surface area contributed by atoms with Gasteiger partial charge >= 0.3 is 6.18 Å². The van der Waals surface area contributed by atoms with E-state index in [4.69, 9.17) is 0 Å². The van der Waals surface area contributed by atoms with Gasteiger partial charge in [0.15, 0.2) is 0 Å². The molecule has 0 spiro atoms. The molecule has 0 aliphatic heterocycles. The van der Waals surface area contributed by atoms with Crippen molar-refractivity contribution in [1.82, 2.24) is 5.32 Å². The van der Waals surface area contributed by atoms with Crippen LogP contribution in [0.25, 0.3) is 0 Å². The van der Waals surface area contributed by atoms with Crippen LogP contribution < -0.4 is 5.32 Å². The molecule has 0 aromatic heterocycles. The Bertz CT molecular complexity index is 362. The molecule has 1 rings (SSSR count). The van der Waals surface area contributed by atoms with Gasteiger partial charge in [0.2, 0.25) is 0 Å². The van der Waals surface area contributed by atoms with Crippen LogP contribution in [0.5, 0.6) is 0 Å². The average molecular weight is 249 g/mol. The summed E-state index contributed by atoms with van der Waals surface area (Å²) in [5.41, 5.74) is -0.381. The number of hydrogen-bond donors (Lipinski definition) is 1. The first-order valence-electron chi connectivity index (χ1n) is 5.32. The molecule has 0 heterocycles. The van der Waals surface area contributed by atoms with Crippen LogP contribution in [0.15, 0.2) is 24.3 Å². The second-order valence-electron chi connectivity index (χ2n) is 4.00.